The lowest BCUT2D eigenvalue weighted by molar-refractivity contribution is 0.0818. The van der Waals surface area contributed by atoms with Gasteiger partial charge in [0.25, 0.3) is 0 Å². The third-order valence-corrected chi connectivity index (χ3v) is 0.803. The van der Waals surface area contributed by atoms with E-state index in [1.807, 2.05) is 20.9 Å². The first-order valence-corrected chi connectivity index (χ1v) is 3.03. The van der Waals surface area contributed by atoms with Gasteiger partial charge in [-0.3, -0.25) is 0 Å². The fourth-order valence-corrected chi connectivity index (χ4v) is 0.397. The van der Waals surface area contributed by atoms with Crippen molar-refractivity contribution in [2.45, 2.75) is 27.4 Å². The predicted molar refractivity (Wildman–Crippen MR) is 41.7 cm³/mol. The van der Waals surface area contributed by atoms with E-state index in [1.54, 1.807) is 0 Å². The van der Waals surface area contributed by atoms with E-state index in [0.29, 0.717) is 6.10 Å². The summed E-state index contributed by atoms with van der Waals surface area (Å²) in [6.45, 7) is 5.83. The van der Waals surface area contributed by atoms with Crippen LogP contribution in [0.4, 0.5) is 0 Å². The molecule has 0 aromatic rings. The maximum absolute atomic E-state index is 5.22. The molecule has 0 aliphatic heterocycles. The van der Waals surface area contributed by atoms with Gasteiger partial charge in [0, 0.05) is 6.54 Å². The summed E-state index contributed by atoms with van der Waals surface area (Å²) in [5.41, 5.74) is 0. The summed E-state index contributed by atoms with van der Waals surface area (Å²) in [7, 11) is 1.92. The Morgan fingerprint density at radius 2 is 2.00 bits per heavy atom. The molecule has 0 bridgehead atoms. The lowest BCUT2D eigenvalue weighted by atomic mass is 10.5. The number of hydrogen-bond acceptors (Lipinski definition) is 2. The summed E-state index contributed by atoms with van der Waals surface area (Å²) in [6.07, 6.45) is 0.364. The molecule has 0 heterocycles. The first-order valence-electron chi connectivity index (χ1n) is 3.03. The number of nitrogens with one attached hydrogen (secondary N) is 1. The van der Waals surface area contributed by atoms with Crippen molar-refractivity contribution in [3.05, 3.63) is 0 Å². The van der Waals surface area contributed by atoms with E-state index in [4.69, 9.17) is 4.74 Å². The molecule has 58 valence electrons. The molecule has 0 rings (SSSR count). The van der Waals surface area contributed by atoms with Crippen LogP contribution in [0.15, 0.2) is 0 Å². The Kier molecular flexibility index (Phi) is 10.3. The molecule has 0 aliphatic rings. The molecule has 1 N–H and O–H groups in total. The minimum Gasteiger partial charge on any atom is -0.377 e. The minimum atomic E-state index is 0. The lowest BCUT2D eigenvalue weighted by Crippen LogP contribution is -2.16. The van der Waals surface area contributed by atoms with Crippen LogP contribution < -0.4 is 5.32 Å². The normalized spacial score (nSPS) is 9.33. The van der Waals surface area contributed by atoms with Gasteiger partial charge in [-0.05, 0) is 20.9 Å². The summed E-state index contributed by atoms with van der Waals surface area (Å²) in [6, 6.07) is 0. The van der Waals surface area contributed by atoms with E-state index in [-0.39, 0.29) is 7.43 Å². The monoisotopic (exact) mass is 133 g/mol. The minimum absolute atomic E-state index is 0. The summed E-state index contributed by atoms with van der Waals surface area (Å²) in [4.78, 5) is 0. The first-order chi connectivity index (χ1) is 3.77. The van der Waals surface area contributed by atoms with Crippen LogP contribution in [0.5, 0.6) is 0 Å². The molecule has 0 aromatic heterocycles. The van der Waals surface area contributed by atoms with Gasteiger partial charge in [-0.1, -0.05) is 7.43 Å². The SMILES string of the molecule is C.CNCCOC(C)C. The van der Waals surface area contributed by atoms with E-state index >= 15 is 0 Å². The average Bonchev–Trinajstić information content (AvgIpc) is 1.66. The van der Waals surface area contributed by atoms with Crippen molar-refractivity contribution in [1.29, 1.82) is 0 Å². The summed E-state index contributed by atoms with van der Waals surface area (Å²) in [5.74, 6) is 0. The number of hydrogen-bond donors (Lipinski definition) is 1. The van der Waals surface area contributed by atoms with Gasteiger partial charge in [-0.15, -0.1) is 0 Å². The van der Waals surface area contributed by atoms with Crippen LogP contribution in [0, 0.1) is 0 Å². The molecule has 0 aromatic carbocycles. The van der Waals surface area contributed by atoms with Crippen molar-refractivity contribution in [1.82, 2.24) is 5.32 Å². The Morgan fingerprint density at radius 3 is 2.33 bits per heavy atom. The number of rotatable bonds is 4. The van der Waals surface area contributed by atoms with Crippen molar-refractivity contribution in [2.75, 3.05) is 20.2 Å². The van der Waals surface area contributed by atoms with Crippen LogP contribution in [-0.4, -0.2) is 26.3 Å². The molecule has 0 aliphatic carbocycles. The topological polar surface area (TPSA) is 21.3 Å². The molecule has 9 heavy (non-hydrogen) atoms. The molecule has 2 heteroatoms. The second-order valence-electron chi connectivity index (χ2n) is 2.02. The van der Waals surface area contributed by atoms with E-state index in [9.17, 15) is 0 Å². The largest absolute Gasteiger partial charge is 0.377 e. The lowest BCUT2D eigenvalue weighted by Gasteiger charge is -2.05. The van der Waals surface area contributed by atoms with Gasteiger partial charge in [0.1, 0.15) is 0 Å². The van der Waals surface area contributed by atoms with Crippen LogP contribution in [0.3, 0.4) is 0 Å². The Balaban J connectivity index is 0. The number of likely N-dealkylation sites (N-methyl/N-ethyl adjacent to an activating group) is 1. The Bertz CT molecular complexity index is 46.2. The zero-order valence-electron chi connectivity index (χ0n) is 5.90. The highest BCUT2D eigenvalue weighted by Gasteiger charge is 1.88. The van der Waals surface area contributed by atoms with Gasteiger partial charge < -0.3 is 10.1 Å². The molecule has 0 saturated heterocycles. The first kappa shape index (κ1) is 11.7. The standard InChI is InChI=1S/C6H15NO.CH4/c1-6(2)8-5-4-7-3;/h6-7H,4-5H2,1-3H3;1H4. The van der Waals surface area contributed by atoms with E-state index in [0.717, 1.165) is 13.2 Å². The third kappa shape index (κ3) is 11.5. The Labute approximate surface area is 58.6 Å². The Morgan fingerprint density at radius 1 is 1.44 bits per heavy atom. The van der Waals surface area contributed by atoms with E-state index < -0.39 is 0 Å². The third-order valence-electron chi connectivity index (χ3n) is 0.803. The van der Waals surface area contributed by atoms with Crippen LogP contribution >= 0.6 is 0 Å². The molecule has 0 amide bonds. The highest BCUT2D eigenvalue weighted by molar-refractivity contribution is 4.39. The van der Waals surface area contributed by atoms with Crippen LogP contribution in [0.1, 0.15) is 21.3 Å². The fourth-order valence-electron chi connectivity index (χ4n) is 0.397. The maximum Gasteiger partial charge on any atom is 0.0594 e. The maximum atomic E-state index is 5.22. The van der Waals surface area contributed by atoms with Gasteiger partial charge in [0.2, 0.25) is 0 Å². The van der Waals surface area contributed by atoms with E-state index in [1.165, 1.54) is 0 Å². The fraction of sp³-hybridized carbons (Fsp3) is 1.00. The van der Waals surface area contributed by atoms with Crippen molar-refractivity contribution >= 4 is 0 Å². The zero-order valence-corrected chi connectivity index (χ0v) is 5.90. The van der Waals surface area contributed by atoms with Crippen LogP contribution in [0.2, 0.25) is 0 Å². The summed E-state index contributed by atoms with van der Waals surface area (Å²) < 4.78 is 5.22. The molecule has 2 nitrogen and oxygen atoms in total. The van der Waals surface area contributed by atoms with Crippen molar-refractivity contribution in [3.63, 3.8) is 0 Å². The van der Waals surface area contributed by atoms with Crippen molar-refractivity contribution in [2.24, 2.45) is 0 Å². The molecule has 0 radical (unpaired) electrons. The van der Waals surface area contributed by atoms with Gasteiger partial charge in [-0.2, -0.15) is 0 Å². The number of ether oxygens (including phenoxy) is 1. The molecule has 0 saturated carbocycles. The van der Waals surface area contributed by atoms with Gasteiger partial charge in [0.05, 0.1) is 12.7 Å². The molecule has 0 spiro atoms. The molecule has 0 fully saturated rings. The average molecular weight is 133 g/mol. The molecule has 0 unspecified atom stereocenters. The smallest absolute Gasteiger partial charge is 0.0594 e. The molecular formula is C7H19NO. The molecular weight excluding hydrogens is 114 g/mol. The second kappa shape index (κ2) is 7.92. The second-order valence-corrected chi connectivity index (χ2v) is 2.02. The quantitative estimate of drug-likeness (QED) is 0.583. The zero-order chi connectivity index (χ0) is 6.41. The molecule has 0 atom stereocenters. The van der Waals surface area contributed by atoms with Gasteiger partial charge in [-0.25, -0.2) is 0 Å². The highest BCUT2D eigenvalue weighted by Crippen LogP contribution is 1.83. The summed E-state index contributed by atoms with van der Waals surface area (Å²) in [5, 5.41) is 3.00. The predicted octanol–water partition coefficient (Wildman–Crippen LogP) is 1.27. The van der Waals surface area contributed by atoms with Gasteiger partial charge >= 0.3 is 0 Å². The van der Waals surface area contributed by atoms with E-state index in [2.05, 4.69) is 5.32 Å². The van der Waals surface area contributed by atoms with Crippen molar-refractivity contribution < 1.29 is 4.74 Å². The van der Waals surface area contributed by atoms with Crippen LogP contribution in [-0.2, 0) is 4.74 Å². The highest BCUT2D eigenvalue weighted by atomic mass is 16.5. The van der Waals surface area contributed by atoms with Crippen molar-refractivity contribution in [3.8, 4) is 0 Å². The van der Waals surface area contributed by atoms with Gasteiger partial charge in [0.15, 0.2) is 0 Å². The Hall–Kier alpha value is -0.0800. The summed E-state index contributed by atoms with van der Waals surface area (Å²) >= 11 is 0. The van der Waals surface area contributed by atoms with Crippen LogP contribution in [0.25, 0.3) is 0 Å².